The molecule has 0 spiro atoms. The molecule has 0 bridgehead atoms. The number of rotatable bonds is 6. The van der Waals surface area contributed by atoms with Crippen molar-refractivity contribution in [1.82, 2.24) is 14.9 Å². The van der Waals surface area contributed by atoms with Crippen LogP contribution in [0.5, 0.6) is 0 Å². The Bertz CT molecular complexity index is 274. The second-order valence-corrected chi connectivity index (χ2v) is 4.78. The Labute approximate surface area is 94.9 Å². The standard InChI is InChI=1S/C10H19N3OS/c1-4-8(2)10(3,14)7-11-5-9-6-15-13-12-9/h6,8,11,14H,4-5,7H2,1-3H3. The monoisotopic (exact) mass is 229 g/mol. The molecule has 86 valence electrons. The lowest BCUT2D eigenvalue weighted by molar-refractivity contribution is 0.00529. The summed E-state index contributed by atoms with van der Waals surface area (Å²) in [5.74, 6) is 0.290. The molecule has 0 aliphatic rings. The maximum absolute atomic E-state index is 10.1. The Kier molecular flexibility index (Phi) is 4.63. The Morgan fingerprint density at radius 3 is 2.93 bits per heavy atom. The van der Waals surface area contributed by atoms with Crippen LogP contribution < -0.4 is 5.32 Å². The van der Waals surface area contributed by atoms with Crippen molar-refractivity contribution in [3.63, 3.8) is 0 Å². The van der Waals surface area contributed by atoms with Gasteiger partial charge in [0.05, 0.1) is 11.3 Å². The quantitative estimate of drug-likeness (QED) is 0.774. The second kappa shape index (κ2) is 5.53. The van der Waals surface area contributed by atoms with Gasteiger partial charge < -0.3 is 10.4 Å². The van der Waals surface area contributed by atoms with Crippen LogP contribution in [-0.4, -0.2) is 26.8 Å². The smallest absolute Gasteiger partial charge is 0.0893 e. The Balaban J connectivity index is 2.30. The fourth-order valence-corrected chi connectivity index (χ4v) is 1.77. The first-order valence-electron chi connectivity index (χ1n) is 5.25. The van der Waals surface area contributed by atoms with Crippen LogP contribution >= 0.6 is 11.5 Å². The maximum atomic E-state index is 10.1. The van der Waals surface area contributed by atoms with Gasteiger partial charge in [-0.25, -0.2) is 0 Å². The lowest BCUT2D eigenvalue weighted by Gasteiger charge is -2.29. The van der Waals surface area contributed by atoms with E-state index in [0.717, 1.165) is 12.1 Å². The van der Waals surface area contributed by atoms with E-state index in [1.54, 1.807) is 0 Å². The molecule has 2 unspecified atom stereocenters. The molecule has 0 aromatic carbocycles. The molecule has 1 aromatic rings. The van der Waals surface area contributed by atoms with Crippen LogP contribution in [0.15, 0.2) is 5.38 Å². The molecule has 5 heteroatoms. The lowest BCUT2D eigenvalue weighted by atomic mass is 9.89. The number of hydrogen-bond acceptors (Lipinski definition) is 5. The third kappa shape index (κ3) is 3.85. The van der Waals surface area contributed by atoms with Gasteiger partial charge in [0, 0.05) is 18.5 Å². The minimum atomic E-state index is -0.655. The van der Waals surface area contributed by atoms with Gasteiger partial charge in [-0.05, 0) is 24.4 Å². The van der Waals surface area contributed by atoms with Crippen LogP contribution in [-0.2, 0) is 6.54 Å². The highest BCUT2D eigenvalue weighted by Crippen LogP contribution is 2.18. The van der Waals surface area contributed by atoms with E-state index in [1.807, 2.05) is 12.3 Å². The molecule has 1 heterocycles. The third-order valence-corrected chi connectivity index (χ3v) is 3.42. The predicted molar refractivity (Wildman–Crippen MR) is 61.7 cm³/mol. The summed E-state index contributed by atoms with van der Waals surface area (Å²) in [6, 6.07) is 0. The van der Waals surface area contributed by atoms with Gasteiger partial charge in [-0.2, -0.15) is 0 Å². The maximum Gasteiger partial charge on any atom is 0.0893 e. The highest BCUT2D eigenvalue weighted by atomic mass is 32.1. The molecule has 2 N–H and O–H groups in total. The van der Waals surface area contributed by atoms with Crippen LogP contribution in [0.4, 0.5) is 0 Å². The molecule has 0 saturated carbocycles. The van der Waals surface area contributed by atoms with E-state index in [0.29, 0.717) is 19.0 Å². The molecule has 0 saturated heterocycles. The zero-order chi connectivity index (χ0) is 11.3. The number of hydrogen-bond donors (Lipinski definition) is 2. The predicted octanol–water partition coefficient (Wildman–Crippen LogP) is 1.42. The van der Waals surface area contributed by atoms with E-state index < -0.39 is 5.60 Å². The number of nitrogens with one attached hydrogen (secondary N) is 1. The average molecular weight is 229 g/mol. The summed E-state index contributed by atoms with van der Waals surface area (Å²) >= 11 is 1.34. The van der Waals surface area contributed by atoms with Crippen LogP contribution in [0, 0.1) is 5.92 Å². The van der Waals surface area contributed by atoms with Crippen molar-refractivity contribution >= 4 is 11.5 Å². The summed E-state index contributed by atoms with van der Waals surface area (Å²) in [7, 11) is 0. The van der Waals surface area contributed by atoms with Crippen molar-refractivity contribution in [3.8, 4) is 0 Å². The summed E-state index contributed by atoms with van der Waals surface area (Å²) in [4.78, 5) is 0. The summed E-state index contributed by atoms with van der Waals surface area (Å²) in [5.41, 5.74) is 0.276. The largest absolute Gasteiger partial charge is 0.389 e. The number of aliphatic hydroxyl groups is 1. The van der Waals surface area contributed by atoms with Crippen LogP contribution in [0.3, 0.4) is 0 Å². The Morgan fingerprint density at radius 1 is 1.67 bits per heavy atom. The van der Waals surface area contributed by atoms with Crippen LogP contribution in [0.2, 0.25) is 0 Å². The van der Waals surface area contributed by atoms with Gasteiger partial charge in [0.25, 0.3) is 0 Å². The minimum Gasteiger partial charge on any atom is -0.389 e. The fraction of sp³-hybridized carbons (Fsp3) is 0.800. The molecular formula is C10H19N3OS. The van der Waals surface area contributed by atoms with Gasteiger partial charge in [-0.15, -0.1) is 5.10 Å². The second-order valence-electron chi connectivity index (χ2n) is 4.17. The Hall–Kier alpha value is -0.520. The zero-order valence-corrected chi connectivity index (χ0v) is 10.3. The van der Waals surface area contributed by atoms with Crippen LogP contribution in [0.25, 0.3) is 0 Å². The molecule has 1 aromatic heterocycles. The van der Waals surface area contributed by atoms with Gasteiger partial charge in [-0.1, -0.05) is 24.8 Å². The topological polar surface area (TPSA) is 58.0 Å². The van der Waals surface area contributed by atoms with Gasteiger partial charge in [0.15, 0.2) is 0 Å². The van der Waals surface area contributed by atoms with Crippen molar-refractivity contribution in [2.75, 3.05) is 6.54 Å². The molecule has 0 radical (unpaired) electrons. The molecule has 0 amide bonds. The van der Waals surface area contributed by atoms with Crippen molar-refractivity contribution in [3.05, 3.63) is 11.1 Å². The lowest BCUT2D eigenvalue weighted by Crippen LogP contribution is -2.42. The minimum absolute atomic E-state index is 0.290. The first kappa shape index (κ1) is 12.5. The third-order valence-electron chi connectivity index (χ3n) is 2.87. The van der Waals surface area contributed by atoms with E-state index in [-0.39, 0.29) is 0 Å². The first-order chi connectivity index (χ1) is 7.06. The summed E-state index contributed by atoms with van der Waals surface area (Å²) in [5, 5.41) is 19.1. The molecule has 0 fully saturated rings. The molecule has 2 atom stereocenters. The molecule has 0 aliphatic carbocycles. The van der Waals surface area contributed by atoms with E-state index in [9.17, 15) is 5.11 Å². The van der Waals surface area contributed by atoms with Crippen molar-refractivity contribution in [2.45, 2.75) is 39.3 Å². The van der Waals surface area contributed by atoms with E-state index in [2.05, 4.69) is 28.8 Å². The first-order valence-corrected chi connectivity index (χ1v) is 6.09. The van der Waals surface area contributed by atoms with Crippen LogP contribution in [0.1, 0.15) is 32.9 Å². The van der Waals surface area contributed by atoms with Gasteiger partial charge in [0.2, 0.25) is 0 Å². The normalized spacial score (nSPS) is 17.3. The van der Waals surface area contributed by atoms with E-state index in [1.165, 1.54) is 11.5 Å². The van der Waals surface area contributed by atoms with E-state index in [4.69, 9.17) is 0 Å². The molecule has 1 rings (SSSR count). The summed E-state index contributed by atoms with van der Waals surface area (Å²) in [6.45, 7) is 7.27. The van der Waals surface area contributed by atoms with Crippen molar-refractivity contribution < 1.29 is 5.11 Å². The molecule has 4 nitrogen and oxygen atoms in total. The highest BCUT2D eigenvalue weighted by Gasteiger charge is 2.26. The average Bonchev–Trinajstić information content (AvgIpc) is 2.69. The number of aromatic nitrogens is 2. The highest BCUT2D eigenvalue weighted by molar-refractivity contribution is 7.03. The van der Waals surface area contributed by atoms with Crippen molar-refractivity contribution in [2.24, 2.45) is 5.92 Å². The fourth-order valence-electron chi connectivity index (χ4n) is 1.32. The number of nitrogens with zero attached hydrogens (tertiary/aromatic N) is 2. The van der Waals surface area contributed by atoms with Gasteiger partial charge in [0.1, 0.15) is 0 Å². The van der Waals surface area contributed by atoms with E-state index >= 15 is 0 Å². The van der Waals surface area contributed by atoms with Gasteiger partial charge in [-0.3, -0.25) is 0 Å². The zero-order valence-electron chi connectivity index (χ0n) is 9.53. The summed E-state index contributed by atoms with van der Waals surface area (Å²) < 4.78 is 3.78. The van der Waals surface area contributed by atoms with Crippen molar-refractivity contribution in [1.29, 1.82) is 0 Å². The molecule has 0 aliphatic heterocycles. The Morgan fingerprint density at radius 2 is 2.40 bits per heavy atom. The summed E-state index contributed by atoms with van der Waals surface area (Å²) in [6.07, 6.45) is 0.979. The van der Waals surface area contributed by atoms with Gasteiger partial charge >= 0.3 is 0 Å². The molecule has 15 heavy (non-hydrogen) atoms. The SMILES string of the molecule is CCC(C)C(C)(O)CNCc1csnn1. The molecular weight excluding hydrogens is 210 g/mol.